The van der Waals surface area contributed by atoms with Gasteiger partial charge < -0.3 is 9.47 Å². The Morgan fingerprint density at radius 2 is 2.36 bits per heavy atom. The molecule has 2 atom stereocenters. The second-order valence-corrected chi connectivity index (χ2v) is 8.05. The van der Waals surface area contributed by atoms with Crippen LogP contribution in [0.4, 0.5) is 0 Å². The van der Waals surface area contributed by atoms with Crippen LogP contribution in [0.15, 0.2) is 41.2 Å². The Balaban J connectivity index is 1.40. The molecule has 4 rings (SSSR count). The van der Waals surface area contributed by atoms with Crippen molar-refractivity contribution in [2.75, 3.05) is 26.3 Å². The molecule has 0 amide bonds. The van der Waals surface area contributed by atoms with E-state index in [-0.39, 0.29) is 5.41 Å². The van der Waals surface area contributed by atoms with E-state index in [1.165, 1.54) is 12.0 Å². The molecular formula is C20H26N2O2S. The molecule has 2 aliphatic heterocycles. The number of rotatable bonds is 6. The Morgan fingerprint density at radius 3 is 3.20 bits per heavy atom. The van der Waals surface area contributed by atoms with Crippen molar-refractivity contribution in [3.05, 3.63) is 52.5 Å². The third-order valence-corrected chi connectivity index (χ3v) is 6.15. The lowest BCUT2D eigenvalue weighted by molar-refractivity contribution is -0.156. The van der Waals surface area contributed by atoms with Gasteiger partial charge in [0.2, 0.25) is 0 Å². The van der Waals surface area contributed by atoms with Crippen LogP contribution in [0.25, 0.3) is 0 Å². The number of fused-ring (bicyclic) bond motifs is 1. The predicted molar refractivity (Wildman–Crippen MR) is 99.5 cm³/mol. The average Bonchev–Trinajstić information content (AvgIpc) is 3.15. The number of piperidine rings is 1. The molecule has 0 N–H and O–H groups in total. The van der Waals surface area contributed by atoms with Gasteiger partial charge in [-0.1, -0.05) is 6.07 Å². The Morgan fingerprint density at radius 1 is 1.36 bits per heavy atom. The highest BCUT2D eigenvalue weighted by Crippen LogP contribution is 2.41. The standard InChI is InChI=1S/C20H26N2O2S/c1-2-8-21-18(4-1)13-23-16-20-7-3-10-24-19(20)5-9-22(15-20)12-17-6-11-25-14-17/h1-2,4,6,8,11,14,19H,3,5,7,9-10,12-13,15-16H2/t19-,20+/m0/s1. The molecule has 25 heavy (non-hydrogen) atoms. The Hall–Kier alpha value is -1.27. The van der Waals surface area contributed by atoms with Gasteiger partial charge >= 0.3 is 0 Å². The number of pyridine rings is 1. The van der Waals surface area contributed by atoms with Crippen LogP contribution in [0, 0.1) is 5.41 Å². The summed E-state index contributed by atoms with van der Waals surface area (Å²) in [6.45, 7) is 5.46. The molecular weight excluding hydrogens is 332 g/mol. The summed E-state index contributed by atoms with van der Waals surface area (Å²) in [4.78, 5) is 6.94. The molecule has 2 aromatic heterocycles. The number of hydrogen-bond donors (Lipinski definition) is 0. The third kappa shape index (κ3) is 4.11. The normalized spacial score (nSPS) is 27.1. The zero-order valence-corrected chi connectivity index (χ0v) is 15.4. The van der Waals surface area contributed by atoms with E-state index in [0.717, 1.165) is 51.4 Å². The quantitative estimate of drug-likeness (QED) is 0.788. The van der Waals surface area contributed by atoms with Crippen LogP contribution in [0.5, 0.6) is 0 Å². The fraction of sp³-hybridized carbons (Fsp3) is 0.550. The van der Waals surface area contributed by atoms with E-state index in [9.17, 15) is 0 Å². The highest BCUT2D eigenvalue weighted by atomic mass is 32.1. The van der Waals surface area contributed by atoms with E-state index in [4.69, 9.17) is 9.47 Å². The molecule has 4 nitrogen and oxygen atoms in total. The van der Waals surface area contributed by atoms with Gasteiger partial charge in [-0.3, -0.25) is 9.88 Å². The highest BCUT2D eigenvalue weighted by Gasteiger charge is 2.46. The number of likely N-dealkylation sites (tertiary alicyclic amines) is 1. The average molecular weight is 359 g/mol. The molecule has 2 aromatic rings. The molecule has 0 aliphatic carbocycles. The number of nitrogens with zero attached hydrogens (tertiary/aromatic N) is 2. The topological polar surface area (TPSA) is 34.6 Å². The van der Waals surface area contributed by atoms with E-state index < -0.39 is 0 Å². The highest BCUT2D eigenvalue weighted by molar-refractivity contribution is 7.07. The summed E-state index contributed by atoms with van der Waals surface area (Å²) in [5.41, 5.74) is 2.55. The fourth-order valence-electron chi connectivity index (χ4n) is 4.21. The van der Waals surface area contributed by atoms with E-state index >= 15 is 0 Å². The molecule has 2 aliphatic rings. The van der Waals surface area contributed by atoms with E-state index in [1.54, 1.807) is 11.3 Å². The van der Waals surface area contributed by atoms with Gasteiger partial charge in [-0.2, -0.15) is 11.3 Å². The molecule has 2 saturated heterocycles. The van der Waals surface area contributed by atoms with Crippen LogP contribution < -0.4 is 0 Å². The molecule has 0 bridgehead atoms. The molecule has 0 radical (unpaired) electrons. The van der Waals surface area contributed by atoms with Crippen molar-refractivity contribution in [2.24, 2.45) is 5.41 Å². The summed E-state index contributed by atoms with van der Waals surface area (Å²) < 4.78 is 12.3. The minimum absolute atomic E-state index is 0.126. The van der Waals surface area contributed by atoms with Gasteiger partial charge in [-0.25, -0.2) is 0 Å². The van der Waals surface area contributed by atoms with Crippen LogP contribution in [0.1, 0.15) is 30.5 Å². The Labute approximate surface area is 153 Å². The van der Waals surface area contributed by atoms with Crippen molar-refractivity contribution in [1.82, 2.24) is 9.88 Å². The molecule has 0 spiro atoms. The number of hydrogen-bond acceptors (Lipinski definition) is 5. The Kier molecular flexibility index (Phi) is 5.46. The lowest BCUT2D eigenvalue weighted by Gasteiger charge is -2.50. The lowest BCUT2D eigenvalue weighted by Crippen LogP contribution is -2.56. The zero-order valence-electron chi connectivity index (χ0n) is 14.6. The summed E-state index contributed by atoms with van der Waals surface area (Å²) in [6, 6.07) is 8.21. The first-order valence-corrected chi connectivity index (χ1v) is 10.1. The molecule has 2 fully saturated rings. The van der Waals surface area contributed by atoms with Gasteiger partial charge in [0.25, 0.3) is 0 Å². The SMILES string of the molecule is c1ccc(COC[C@]23CCCO[C@H]2CCN(Cc2ccsc2)C3)nc1. The van der Waals surface area contributed by atoms with Gasteiger partial charge in [0.15, 0.2) is 0 Å². The second-order valence-electron chi connectivity index (χ2n) is 7.27. The van der Waals surface area contributed by atoms with E-state index in [2.05, 4.69) is 26.7 Å². The first-order valence-electron chi connectivity index (χ1n) is 9.17. The number of aromatic nitrogens is 1. The molecule has 5 heteroatoms. The summed E-state index contributed by atoms with van der Waals surface area (Å²) in [7, 11) is 0. The maximum absolute atomic E-state index is 6.15. The third-order valence-electron chi connectivity index (χ3n) is 5.42. The minimum atomic E-state index is 0.126. The van der Waals surface area contributed by atoms with Crippen LogP contribution in [0.2, 0.25) is 0 Å². The molecule has 0 aromatic carbocycles. The number of thiophene rings is 1. The maximum Gasteiger partial charge on any atom is 0.0888 e. The van der Waals surface area contributed by atoms with Crippen molar-refractivity contribution in [3.63, 3.8) is 0 Å². The molecule has 134 valence electrons. The zero-order chi connectivity index (χ0) is 17.0. The van der Waals surface area contributed by atoms with Crippen molar-refractivity contribution in [3.8, 4) is 0 Å². The van der Waals surface area contributed by atoms with Crippen molar-refractivity contribution < 1.29 is 9.47 Å². The van der Waals surface area contributed by atoms with Gasteiger partial charge in [0, 0.05) is 37.9 Å². The van der Waals surface area contributed by atoms with E-state index in [1.807, 2.05) is 24.4 Å². The predicted octanol–water partition coefficient (Wildman–Crippen LogP) is 3.73. The summed E-state index contributed by atoms with van der Waals surface area (Å²) in [5, 5.41) is 4.42. The first kappa shape index (κ1) is 17.2. The maximum atomic E-state index is 6.15. The van der Waals surface area contributed by atoms with Gasteiger partial charge in [-0.15, -0.1) is 0 Å². The fourth-order valence-corrected chi connectivity index (χ4v) is 4.87. The van der Waals surface area contributed by atoms with Gasteiger partial charge in [-0.05, 0) is 53.8 Å². The second kappa shape index (κ2) is 7.96. The lowest BCUT2D eigenvalue weighted by atomic mass is 9.73. The van der Waals surface area contributed by atoms with Crippen molar-refractivity contribution >= 4 is 11.3 Å². The van der Waals surface area contributed by atoms with Crippen LogP contribution in [-0.2, 0) is 22.6 Å². The van der Waals surface area contributed by atoms with Crippen LogP contribution in [-0.4, -0.2) is 42.3 Å². The van der Waals surface area contributed by atoms with Gasteiger partial charge in [0.05, 0.1) is 25.0 Å². The van der Waals surface area contributed by atoms with Crippen LogP contribution in [0.3, 0.4) is 0 Å². The molecule has 0 unspecified atom stereocenters. The number of ether oxygens (including phenoxy) is 2. The van der Waals surface area contributed by atoms with Crippen molar-refractivity contribution in [1.29, 1.82) is 0 Å². The summed E-state index contributed by atoms with van der Waals surface area (Å²) in [5.74, 6) is 0. The first-order chi connectivity index (χ1) is 12.3. The minimum Gasteiger partial charge on any atom is -0.377 e. The summed E-state index contributed by atoms with van der Waals surface area (Å²) >= 11 is 1.78. The van der Waals surface area contributed by atoms with Gasteiger partial charge in [0.1, 0.15) is 0 Å². The smallest absolute Gasteiger partial charge is 0.0888 e. The Bertz CT molecular complexity index is 649. The molecule has 0 saturated carbocycles. The summed E-state index contributed by atoms with van der Waals surface area (Å²) in [6.07, 6.45) is 5.60. The molecule has 4 heterocycles. The van der Waals surface area contributed by atoms with E-state index in [0.29, 0.717) is 12.7 Å². The largest absolute Gasteiger partial charge is 0.377 e. The van der Waals surface area contributed by atoms with Crippen molar-refractivity contribution in [2.45, 2.75) is 38.5 Å². The van der Waals surface area contributed by atoms with Crippen LogP contribution >= 0.6 is 11.3 Å². The monoisotopic (exact) mass is 358 g/mol.